The monoisotopic (exact) mass is 452 g/mol. The minimum Gasteiger partial charge on any atom is -0.370 e. The van der Waals surface area contributed by atoms with Crippen LogP contribution in [-0.4, -0.2) is 43.1 Å². The average Bonchev–Trinajstić information content (AvgIpc) is 3.08. The van der Waals surface area contributed by atoms with Crippen LogP contribution in [0.15, 0.2) is 47.5 Å². The minimum absolute atomic E-state index is 0. The van der Waals surface area contributed by atoms with Crippen LogP contribution < -0.4 is 11.1 Å². The topological polar surface area (TPSA) is 53.6 Å². The van der Waals surface area contributed by atoms with Crippen molar-refractivity contribution >= 4 is 40.7 Å². The zero-order valence-corrected chi connectivity index (χ0v) is 17.3. The van der Waals surface area contributed by atoms with Crippen molar-refractivity contribution in [3.8, 4) is 0 Å². The van der Waals surface area contributed by atoms with Gasteiger partial charge in [0.25, 0.3) is 0 Å². The minimum atomic E-state index is 0. The van der Waals surface area contributed by atoms with E-state index in [9.17, 15) is 0 Å². The van der Waals surface area contributed by atoms with Crippen LogP contribution in [0.3, 0.4) is 0 Å². The fraction of sp³-hybridized carbons (Fsp3) is 0.450. The van der Waals surface area contributed by atoms with Gasteiger partial charge in [-0.15, -0.1) is 24.0 Å². The fourth-order valence-electron chi connectivity index (χ4n) is 3.61. The van der Waals surface area contributed by atoms with Gasteiger partial charge in [0, 0.05) is 12.6 Å². The molecule has 0 aromatic heterocycles. The molecule has 25 heavy (non-hydrogen) atoms. The maximum atomic E-state index is 6.04. The molecule has 1 unspecified atom stereocenters. The molecular formula is C20H29IN4. The van der Waals surface area contributed by atoms with Gasteiger partial charge in [0.1, 0.15) is 0 Å². The molecule has 1 aliphatic heterocycles. The van der Waals surface area contributed by atoms with Gasteiger partial charge in [-0.2, -0.15) is 0 Å². The highest BCUT2D eigenvalue weighted by atomic mass is 127. The van der Waals surface area contributed by atoms with E-state index in [0.717, 1.165) is 26.1 Å². The van der Waals surface area contributed by atoms with E-state index in [-0.39, 0.29) is 24.0 Å². The van der Waals surface area contributed by atoms with Crippen LogP contribution in [0.1, 0.15) is 25.3 Å². The second kappa shape index (κ2) is 9.97. The first kappa shape index (κ1) is 20.0. The molecule has 1 saturated heterocycles. The number of benzene rings is 2. The summed E-state index contributed by atoms with van der Waals surface area (Å²) in [6.45, 7) is 6.14. The van der Waals surface area contributed by atoms with E-state index >= 15 is 0 Å². The first-order valence-corrected chi connectivity index (χ1v) is 9.02. The van der Waals surface area contributed by atoms with E-state index in [1.54, 1.807) is 0 Å². The van der Waals surface area contributed by atoms with Crippen molar-refractivity contribution in [1.82, 2.24) is 10.2 Å². The summed E-state index contributed by atoms with van der Waals surface area (Å²) >= 11 is 0. The van der Waals surface area contributed by atoms with Crippen molar-refractivity contribution in [3.05, 3.63) is 48.0 Å². The van der Waals surface area contributed by atoms with Crippen LogP contribution in [0.4, 0.5) is 0 Å². The number of nitrogens with one attached hydrogen (secondary N) is 1. The molecular weight excluding hydrogens is 423 g/mol. The molecule has 0 aliphatic carbocycles. The maximum Gasteiger partial charge on any atom is 0.188 e. The summed E-state index contributed by atoms with van der Waals surface area (Å²) in [5, 5.41) is 5.87. The molecule has 1 heterocycles. The molecule has 0 saturated carbocycles. The van der Waals surface area contributed by atoms with Gasteiger partial charge in [-0.05, 0) is 48.7 Å². The highest BCUT2D eigenvalue weighted by Crippen LogP contribution is 2.18. The number of rotatable bonds is 6. The predicted molar refractivity (Wildman–Crippen MR) is 118 cm³/mol. The lowest BCUT2D eigenvalue weighted by atomic mass is 10.0. The van der Waals surface area contributed by atoms with E-state index in [4.69, 9.17) is 5.73 Å². The Morgan fingerprint density at radius 3 is 2.88 bits per heavy atom. The Hall–Kier alpha value is -1.34. The Kier molecular flexibility index (Phi) is 7.96. The molecule has 0 spiro atoms. The van der Waals surface area contributed by atoms with Crippen LogP contribution in [0, 0.1) is 0 Å². The quantitative estimate of drug-likeness (QED) is 0.402. The summed E-state index contributed by atoms with van der Waals surface area (Å²) < 4.78 is 0. The van der Waals surface area contributed by atoms with E-state index < -0.39 is 0 Å². The van der Waals surface area contributed by atoms with Crippen molar-refractivity contribution in [2.45, 2.75) is 32.2 Å². The maximum absolute atomic E-state index is 6.04. The molecule has 0 amide bonds. The smallest absolute Gasteiger partial charge is 0.188 e. The van der Waals surface area contributed by atoms with E-state index in [2.05, 4.69) is 64.6 Å². The summed E-state index contributed by atoms with van der Waals surface area (Å²) in [4.78, 5) is 7.03. The number of nitrogens with zero attached hydrogens (tertiary/aromatic N) is 2. The zero-order chi connectivity index (χ0) is 16.8. The van der Waals surface area contributed by atoms with Crippen molar-refractivity contribution in [1.29, 1.82) is 0 Å². The van der Waals surface area contributed by atoms with E-state index in [1.807, 2.05) is 0 Å². The molecule has 2 aromatic carbocycles. The third-order valence-electron chi connectivity index (χ3n) is 4.96. The molecule has 136 valence electrons. The lowest BCUT2D eigenvalue weighted by molar-refractivity contribution is 0.273. The second-order valence-corrected chi connectivity index (χ2v) is 6.47. The Morgan fingerprint density at radius 2 is 2.04 bits per heavy atom. The molecule has 3 rings (SSSR count). The molecule has 1 aliphatic rings. The standard InChI is InChI=1S/C20H28N4.HI/c1-2-24-14-6-10-18(24)15-23-20(21)22-13-12-17-9-5-8-16-7-3-4-11-19(16)17;/h3-5,7-9,11,18H,2,6,10,12-15H2,1H3,(H3,21,22,23);1H. The highest BCUT2D eigenvalue weighted by Gasteiger charge is 2.22. The van der Waals surface area contributed by atoms with Gasteiger partial charge in [-0.1, -0.05) is 49.4 Å². The number of hydrogen-bond acceptors (Lipinski definition) is 2. The van der Waals surface area contributed by atoms with E-state index in [1.165, 1.54) is 35.7 Å². The van der Waals surface area contributed by atoms with Gasteiger partial charge in [-0.25, -0.2) is 0 Å². The Labute approximate surface area is 167 Å². The van der Waals surface area contributed by atoms with Gasteiger partial charge < -0.3 is 11.1 Å². The predicted octanol–water partition coefficient (Wildman–Crippen LogP) is 3.39. The summed E-state index contributed by atoms with van der Waals surface area (Å²) in [5.41, 5.74) is 7.38. The number of fused-ring (bicyclic) bond motifs is 1. The summed E-state index contributed by atoms with van der Waals surface area (Å²) in [7, 11) is 0. The summed E-state index contributed by atoms with van der Waals surface area (Å²) in [6.07, 6.45) is 3.46. The van der Waals surface area contributed by atoms with Crippen LogP contribution in [0.5, 0.6) is 0 Å². The van der Waals surface area contributed by atoms with Crippen LogP contribution in [0.2, 0.25) is 0 Å². The third kappa shape index (κ3) is 5.31. The van der Waals surface area contributed by atoms with Crippen molar-refractivity contribution in [3.63, 3.8) is 0 Å². The molecule has 4 nitrogen and oxygen atoms in total. The molecule has 1 atom stereocenters. The summed E-state index contributed by atoms with van der Waals surface area (Å²) in [5.74, 6) is 0.568. The lowest BCUT2D eigenvalue weighted by Crippen LogP contribution is -2.36. The Bertz CT molecular complexity index is 696. The van der Waals surface area contributed by atoms with Crippen LogP contribution in [0.25, 0.3) is 10.8 Å². The summed E-state index contributed by atoms with van der Waals surface area (Å²) in [6, 6.07) is 15.5. The molecule has 0 radical (unpaired) electrons. The molecule has 3 N–H and O–H groups in total. The van der Waals surface area contributed by atoms with Gasteiger partial charge in [0.15, 0.2) is 5.96 Å². The largest absolute Gasteiger partial charge is 0.370 e. The zero-order valence-electron chi connectivity index (χ0n) is 14.9. The molecule has 1 fully saturated rings. The number of likely N-dealkylation sites (tertiary alicyclic amines) is 1. The lowest BCUT2D eigenvalue weighted by Gasteiger charge is -2.21. The number of nitrogens with two attached hydrogens (primary N) is 1. The van der Waals surface area contributed by atoms with Crippen molar-refractivity contribution in [2.75, 3.05) is 26.2 Å². The highest BCUT2D eigenvalue weighted by molar-refractivity contribution is 14.0. The van der Waals surface area contributed by atoms with Crippen LogP contribution in [-0.2, 0) is 6.42 Å². The SMILES string of the molecule is CCN1CCCC1CN=C(N)NCCc1cccc2ccccc12.I. The Balaban J connectivity index is 0.00000225. The van der Waals surface area contributed by atoms with E-state index in [0.29, 0.717) is 12.0 Å². The third-order valence-corrected chi connectivity index (χ3v) is 4.96. The van der Waals surface area contributed by atoms with Crippen LogP contribution >= 0.6 is 24.0 Å². The van der Waals surface area contributed by atoms with Gasteiger partial charge in [0.05, 0.1) is 6.54 Å². The molecule has 5 heteroatoms. The number of hydrogen-bond donors (Lipinski definition) is 2. The first-order valence-electron chi connectivity index (χ1n) is 9.02. The normalized spacial score (nSPS) is 18.3. The van der Waals surface area contributed by atoms with Gasteiger partial charge in [-0.3, -0.25) is 9.89 Å². The fourth-order valence-corrected chi connectivity index (χ4v) is 3.61. The van der Waals surface area contributed by atoms with Gasteiger partial charge >= 0.3 is 0 Å². The molecule has 2 aromatic rings. The molecule has 0 bridgehead atoms. The second-order valence-electron chi connectivity index (χ2n) is 6.47. The number of aliphatic imine (C=N–C) groups is 1. The first-order chi connectivity index (χ1) is 11.8. The number of likely N-dealkylation sites (N-methyl/N-ethyl adjacent to an activating group) is 1. The number of guanidine groups is 1. The Morgan fingerprint density at radius 1 is 1.24 bits per heavy atom. The van der Waals surface area contributed by atoms with Gasteiger partial charge in [0.2, 0.25) is 0 Å². The average molecular weight is 452 g/mol. The van der Waals surface area contributed by atoms with Crippen molar-refractivity contribution < 1.29 is 0 Å². The van der Waals surface area contributed by atoms with Crippen molar-refractivity contribution in [2.24, 2.45) is 10.7 Å². The number of halogens is 1.